The van der Waals surface area contributed by atoms with E-state index in [0.29, 0.717) is 18.5 Å². The molecule has 122 valence electrons. The third-order valence-electron chi connectivity index (χ3n) is 5.29. The number of rotatable bonds is 3. The minimum Gasteiger partial charge on any atom is -0.340 e. The molecule has 3 nitrogen and oxygen atoms in total. The zero-order valence-electron chi connectivity index (χ0n) is 12.8. The first-order valence-corrected chi connectivity index (χ1v) is 8.28. The third-order valence-corrected chi connectivity index (χ3v) is 5.53. The molecule has 1 saturated carbocycles. The van der Waals surface area contributed by atoms with Crippen molar-refractivity contribution in [2.24, 2.45) is 5.73 Å². The van der Waals surface area contributed by atoms with Crippen LogP contribution in [0.3, 0.4) is 0 Å². The molecule has 0 atom stereocenters. The van der Waals surface area contributed by atoms with Gasteiger partial charge in [-0.25, -0.2) is 0 Å². The molecule has 2 fully saturated rings. The standard InChI is InChI=1S/C17H23ClN2O.ClH/c18-14-4-1-3-13(11-14)17(12-19)8-6-15(7-9-17)20-10-2-5-16(20)21;/h1,3-4,11,15H,2,5-10,12,19H2;1H/t15-,17+;. The Bertz CT molecular complexity index is 527. The summed E-state index contributed by atoms with van der Waals surface area (Å²) in [6.07, 6.45) is 5.93. The number of nitrogens with two attached hydrogens (primary N) is 1. The summed E-state index contributed by atoms with van der Waals surface area (Å²) >= 11 is 6.14. The van der Waals surface area contributed by atoms with Gasteiger partial charge in [0.15, 0.2) is 0 Å². The molecular formula is C17H24Cl2N2O. The second-order valence-corrected chi connectivity index (χ2v) is 6.85. The molecule has 0 radical (unpaired) electrons. The summed E-state index contributed by atoms with van der Waals surface area (Å²) in [7, 11) is 0. The summed E-state index contributed by atoms with van der Waals surface area (Å²) in [5.41, 5.74) is 7.41. The highest BCUT2D eigenvalue weighted by Crippen LogP contribution is 2.41. The van der Waals surface area contributed by atoms with Crippen LogP contribution in [-0.4, -0.2) is 29.9 Å². The molecule has 0 spiro atoms. The number of likely N-dealkylation sites (tertiary alicyclic amines) is 1. The molecule has 1 aromatic rings. The monoisotopic (exact) mass is 342 g/mol. The van der Waals surface area contributed by atoms with Gasteiger partial charge >= 0.3 is 0 Å². The summed E-state index contributed by atoms with van der Waals surface area (Å²) < 4.78 is 0. The zero-order valence-corrected chi connectivity index (χ0v) is 14.3. The summed E-state index contributed by atoms with van der Waals surface area (Å²) in [6.45, 7) is 1.59. The fraction of sp³-hybridized carbons (Fsp3) is 0.588. The van der Waals surface area contributed by atoms with Crippen LogP contribution in [0.4, 0.5) is 0 Å². The molecule has 2 aliphatic rings. The van der Waals surface area contributed by atoms with Crippen LogP contribution in [0.1, 0.15) is 44.1 Å². The van der Waals surface area contributed by atoms with Crippen molar-refractivity contribution < 1.29 is 4.79 Å². The second kappa shape index (κ2) is 7.20. The van der Waals surface area contributed by atoms with Crippen LogP contribution in [0, 0.1) is 0 Å². The van der Waals surface area contributed by atoms with Crippen LogP contribution in [0.15, 0.2) is 24.3 Å². The van der Waals surface area contributed by atoms with E-state index in [1.165, 1.54) is 5.56 Å². The lowest BCUT2D eigenvalue weighted by Gasteiger charge is -2.42. The Kier molecular flexibility index (Phi) is 5.76. The van der Waals surface area contributed by atoms with Crippen molar-refractivity contribution in [3.63, 3.8) is 0 Å². The van der Waals surface area contributed by atoms with Crippen LogP contribution >= 0.6 is 24.0 Å². The molecule has 2 N–H and O–H groups in total. The Hall–Kier alpha value is -0.770. The maximum Gasteiger partial charge on any atom is 0.222 e. The molecule has 22 heavy (non-hydrogen) atoms. The van der Waals surface area contributed by atoms with Crippen molar-refractivity contribution in [2.45, 2.75) is 50.0 Å². The van der Waals surface area contributed by atoms with Gasteiger partial charge in [-0.3, -0.25) is 4.79 Å². The molecule has 1 aromatic carbocycles. The minimum absolute atomic E-state index is 0. The fourth-order valence-corrected chi connectivity index (χ4v) is 4.14. The van der Waals surface area contributed by atoms with Crippen molar-refractivity contribution in [3.8, 4) is 0 Å². The Morgan fingerprint density at radius 1 is 1.32 bits per heavy atom. The van der Waals surface area contributed by atoms with Gasteiger partial charge in [0.05, 0.1) is 0 Å². The summed E-state index contributed by atoms with van der Waals surface area (Å²) in [5, 5.41) is 0.775. The van der Waals surface area contributed by atoms with Crippen molar-refractivity contribution >= 4 is 29.9 Å². The number of hydrogen-bond donors (Lipinski definition) is 1. The molecule has 0 unspecified atom stereocenters. The van der Waals surface area contributed by atoms with Crippen LogP contribution in [0.2, 0.25) is 5.02 Å². The molecular weight excluding hydrogens is 319 g/mol. The molecule has 0 aromatic heterocycles. The van der Waals surface area contributed by atoms with Gasteiger partial charge in [0.25, 0.3) is 0 Å². The number of carbonyl (C=O) groups excluding carboxylic acids is 1. The number of amides is 1. The van der Waals surface area contributed by atoms with E-state index in [1.807, 2.05) is 12.1 Å². The normalized spacial score (nSPS) is 28.5. The number of carbonyl (C=O) groups is 1. The topological polar surface area (TPSA) is 46.3 Å². The van der Waals surface area contributed by atoms with E-state index in [4.69, 9.17) is 17.3 Å². The second-order valence-electron chi connectivity index (χ2n) is 6.42. The van der Waals surface area contributed by atoms with Gasteiger partial charge < -0.3 is 10.6 Å². The predicted octanol–water partition coefficient (Wildman–Crippen LogP) is 3.52. The summed E-state index contributed by atoms with van der Waals surface area (Å²) in [5.74, 6) is 0.336. The average Bonchev–Trinajstić information content (AvgIpc) is 2.93. The summed E-state index contributed by atoms with van der Waals surface area (Å²) in [6, 6.07) is 8.52. The van der Waals surface area contributed by atoms with Gasteiger partial charge in [0.2, 0.25) is 5.91 Å². The van der Waals surface area contributed by atoms with Gasteiger partial charge in [-0.15, -0.1) is 12.4 Å². The highest BCUT2D eigenvalue weighted by Gasteiger charge is 2.39. The highest BCUT2D eigenvalue weighted by atomic mass is 35.5. The average molecular weight is 343 g/mol. The lowest BCUT2D eigenvalue weighted by Crippen LogP contribution is -2.45. The molecule has 0 bridgehead atoms. The Morgan fingerprint density at radius 3 is 2.59 bits per heavy atom. The Morgan fingerprint density at radius 2 is 2.05 bits per heavy atom. The van der Waals surface area contributed by atoms with E-state index in [0.717, 1.165) is 50.1 Å². The van der Waals surface area contributed by atoms with E-state index >= 15 is 0 Å². The van der Waals surface area contributed by atoms with Gasteiger partial charge in [-0.05, 0) is 49.8 Å². The van der Waals surface area contributed by atoms with E-state index in [-0.39, 0.29) is 17.8 Å². The van der Waals surface area contributed by atoms with Crippen molar-refractivity contribution in [2.75, 3.05) is 13.1 Å². The van der Waals surface area contributed by atoms with Gasteiger partial charge in [0.1, 0.15) is 0 Å². The van der Waals surface area contributed by atoms with E-state index in [1.54, 1.807) is 0 Å². The number of benzene rings is 1. The molecule has 1 saturated heterocycles. The smallest absolute Gasteiger partial charge is 0.222 e. The number of hydrogen-bond acceptors (Lipinski definition) is 2. The van der Waals surface area contributed by atoms with Crippen molar-refractivity contribution in [1.29, 1.82) is 0 Å². The zero-order chi connectivity index (χ0) is 14.9. The van der Waals surface area contributed by atoms with Crippen LogP contribution in [0.25, 0.3) is 0 Å². The molecule has 5 heteroatoms. The first-order valence-electron chi connectivity index (χ1n) is 7.90. The predicted molar refractivity (Wildman–Crippen MR) is 92.6 cm³/mol. The lowest BCUT2D eigenvalue weighted by molar-refractivity contribution is -0.130. The highest BCUT2D eigenvalue weighted by molar-refractivity contribution is 6.30. The van der Waals surface area contributed by atoms with Crippen molar-refractivity contribution in [1.82, 2.24) is 4.90 Å². The van der Waals surface area contributed by atoms with Gasteiger partial charge in [-0.1, -0.05) is 23.7 Å². The molecule has 1 aliphatic carbocycles. The van der Waals surface area contributed by atoms with Crippen molar-refractivity contribution in [3.05, 3.63) is 34.9 Å². The van der Waals surface area contributed by atoms with E-state index < -0.39 is 0 Å². The molecule has 3 rings (SSSR count). The van der Waals surface area contributed by atoms with Crippen LogP contribution < -0.4 is 5.73 Å². The first kappa shape index (κ1) is 17.6. The Labute approximate surface area is 143 Å². The maximum atomic E-state index is 11.9. The Balaban J connectivity index is 0.00000176. The van der Waals surface area contributed by atoms with Gasteiger partial charge in [0, 0.05) is 36.0 Å². The minimum atomic E-state index is 0. The third kappa shape index (κ3) is 3.27. The molecule has 1 aliphatic heterocycles. The van der Waals surface area contributed by atoms with Gasteiger partial charge in [-0.2, -0.15) is 0 Å². The number of halogens is 2. The molecule has 1 heterocycles. The van der Waals surface area contributed by atoms with E-state index in [2.05, 4.69) is 17.0 Å². The largest absolute Gasteiger partial charge is 0.340 e. The molecule has 1 amide bonds. The lowest BCUT2D eigenvalue weighted by atomic mass is 9.68. The quantitative estimate of drug-likeness (QED) is 0.913. The van der Waals surface area contributed by atoms with Crippen LogP contribution in [0.5, 0.6) is 0 Å². The maximum absolute atomic E-state index is 11.9. The number of nitrogens with zero attached hydrogens (tertiary/aromatic N) is 1. The van der Waals surface area contributed by atoms with E-state index in [9.17, 15) is 4.79 Å². The fourth-order valence-electron chi connectivity index (χ4n) is 3.95. The van der Waals surface area contributed by atoms with Crippen LogP contribution in [-0.2, 0) is 10.2 Å². The SMILES string of the molecule is Cl.NC[C@]1(c2cccc(Cl)c2)CC[C@@H](N2CCCC2=O)CC1. The summed E-state index contributed by atoms with van der Waals surface area (Å²) in [4.78, 5) is 14.0. The first-order chi connectivity index (χ1) is 10.1.